The molecule has 0 heterocycles. The molecule has 2 fully saturated rings. The SMILES string of the molecule is Cc1ccc(C(=O)N(C)CC2CC3CCC2C3)c(Br)c1. The average molecular weight is 336 g/mol. The molecule has 0 aromatic heterocycles. The first-order chi connectivity index (χ1) is 9.54. The monoisotopic (exact) mass is 335 g/mol. The third kappa shape index (κ3) is 2.65. The van der Waals surface area contributed by atoms with Crippen molar-refractivity contribution < 1.29 is 4.79 Å². The summed E-state index contributed by atoms with van der Waals surface area (Å²) in [5.74, 6) is 2.68. The lowest BCUT2D eigenvalue weighted by Gasteiger charge is -2.27. The molecule has 2 nitrogen and oxygen atoms in total. The van der Waals surface area contributed by atoms with Crippen molar-refractivity contribution in [1.29, 1.82) is 0 Å². The fourth-order valence-electron chi connectivity index (χ4n) is 4.03. The molecular weight excluding hydrogens is 314 g/mol. The molecule has 1 aromatic rings. The van der Waals surface area contributed by atoms with Crippen molar-refractivity contribution in [1.82, 2.24) is 4.90 Å². The van der Waals surface area contributed by atoms with Gasteiger partial charge < -0.3 is 4.90 Å². The number of amides is 1. The molecule has 0 spiro atoms. The third-order valence-corrected chi connectivity index (χ3v) is 5.75. The van der Waals surface area contributed by atoms with Gasteiger partial charge in [-0.15, -0.1) is 0 Å². The summed E-state index contributed by atoms with van der Waals surface area (Å²) in [6.45, 7) is 2.96. The average Bonchev–Trinajstić information content (AvgIpc) is 3.00. The van der Waals surface area contributed by atoms with E-state index in [-0.39, 0.29) is 5.91 Å². The normalized spacial score (nSPS) is 27.9. The second-order valence-corrected chi connectivity index (χ2v) is 7.46. The van der Waals surface area contributed by atoms with Gasteiger partial charge in [0.05, 0.1) is 5.56 Å². The summed E-state index contributed by atoms with van der Waals surface area (Å²) in [6, 6.07) is 5.95. The maximum absolute atomic E-state index is 12.6. The smallest absolute Gasteiger partial charge is 0.254 e. The summed E-state index contributed by atoms with van der Waals surface area (Å²) in [5.41, 5.74) is 1.95. The van der Waals surface area contributed by atoms with Crippen molar-refractivity contribution in [3.63, 3.8) is 0 Å². The Hall–Kier alpha value is -0.830. The maximum atomic E-state index is 12.6. The highest BCUT2D eigenvalue weighted by molar-refractivity contribution is 9.10. The number of carbonyl (C=O) groups is 1. The summed E-state index contributed by atoms with van der Waals surface area (Å²) < 4.78 is 0.905. The summed E-state index contributed by atoms with van der Waals surface area (Å²) in [7, 11) is 1.95. The molecule has 2 bridgehead atoms. The summed E-state index contributed by atoms with van der Waals surface area (Å²) in [4.78, 5) is 14.5. The molecule has 0 aliphatic heterocycles. The van der Waals surface area contributed by atoms with Crippen LogP contribution in [0.5, 0.6) is 0 Å². The van der Waals surface area contributed by atoms with Gasteiger partial charge in [-0.2, -0.15) is 0 Å². The Kier molecular flexibility index (Phi) is 3.89. The number of halogens is 1. The Bertz CT molecular complexity index is 528. The molecule has 2 aliphatic rings. The third-order valence-electron chi connectivity index (χ3n) is 5.09. The molecule has 0 radical (unpaired) electrons. The zero-order valence-electron chi connectivity index (χ0n) is 12.2. The molecular formula is C17H22BrNO. The van der Waals surface area contributed by atoms with Crippen LogP contribution in [0.1, 0.15) is 41.6 Å². The molecule has 3 atom stereocenters. The zero-order valence-corrected chi connectivity index (χ0v) is 13.8. The van der Waals surface area contributed by atoms with Gasteiger partial charge in [-0.25, -0.2) is 0 Å². The van der Waals surface area contributed by atoms with E-state index in [2.05, 4.69) is 15.9 Å². The molecule has 3 rings (SSSR count). The van der Waals surface area contributed by atoms with Gasteiger partial charge >= 0.3 is 0 Å². The lowest BCUT2D eigenvalue weighted by molar-refractivity contribution is 0.0753. The molecule has 2 aliphatic carbocycles. The molecule has 3 unspecified atom stereocenters. The van der Waals surface area contributed by atoms with Crippen LogP contribution in [-0.2, 0) is 0 Å². The lowest BCUT2D eigenvalue weighted by atomic mass is 9.88. The van der Waals surface area contributed by atoms with Crippen molar-refractivity contribution in [2.24, 2.45) is 17.8 Å². The highest BCUT2D eigenvalue weighted by Crippen LogP contribution is 2.48. The number of benzene rings is 1. The van der Waals surface area contributed by atoms with Gasteiger partial charge in [0, 0.05) is 18.1 Å². The maximum Gasteiger partial charge on any atom is 0.254 e. The first-order valence-electron chi connectivity index (χ1n) is 7.56. The van der Waals surface area contributed by atoms with Crippen molar-refractivity contribution >= 4 is 21.8 Å². The van der Waals surface area contributed by atoms with Crippen molar-refractivity contribution in [2.45, 2.75) is 32.6 Å². The minimum Gasteiger partial charge on any atom is -0.341 e. The van der Waals surface area contributed by atoms with Gasteiger partial charge in [0.25, 0.3) is 5.91 Å². The van der Waals surface area contributed by atoms with E-state index >= 15 is 0 Å². The van der Waals surface area contributed by atoms with E-state index in [1.54, 1.807) is 0 Å². The van der Waals surface area contributed by atoms with Crippen molar-refractivity contribution in [3.8, 4) is 0 Å². The van der Waals surface area contributed by atoms with Crippen LogP contribution < -0.4 is 0 Å². The fraction of sp³-hybridized carbons (Fsp3) is 0.588. The highest BCUT2D eigenvalue weighted by atomic mass is 79.9. The van der Waals surface area contributed by atoms with Crippen LogP contribution in [0.3, 0.4) is 0 Å². The van der Waals surface area contributed by atoms with Crippen LogP contribution in [0.15, 0.2) is 22.7 Å². The Labute approximate surface area is 129 Å². The van der Waals surface area contributed by atoms with Crippen LogP contribution in [0.25, 0.3) is 0 Å². The van der Waals surface area contributed by atoms with E-state index in [1.807, 2.05) is 37.1 Å². The van der Waals surface area contributed by atoms with E-state index in [0.29, 0.717) is 0 Å². The van der Waals surface area contributed by atoms with Gasteiger partial charge in [-0.05, 0) is 77.6 Å². The minimum atomic E-state index is 0.139. The number of rotatable bonds is 3. The topological polar surface area (TPSA) is 20.3 Å². The minimum absolute atomic E-state index is 0.139. The molecule has 1 amide bonds. The van der Waals surface area contributed by atoms with Gasteiger partial charge in [-0.1, -0.05) is 12.5 Å². The molecule has 2 saturated carbocycles. The van der Waals surface area contributed by atoms with Crippen LogP contribution >= 0.6 is 15.9 Å². The Balaban J connectivity index is 1.67. The largest absolute Gasteiger partial charge is 0.341 e. The molecule has 1 aromatic carbocycles. The van der Waals surface area contributed by atoms with Crippen LogP contribution in [0.4, 0.5) is 0 Å². The molecule has 108 valence electrons. The summed E-state index contributed by atoms with van der Waals surface area (Å²) in [5, 5.41) is 0. The Morgan fingerprint density at radius 2 is 2.15 bits per heavy atom. The zero-order chi connectivity index (χ0) is 14.3. The van der Waals surface area contributed by atoms with Crippen molar-refractivity contribution in [3.05, 3.63) is 33.8 Å². The standard InChI is InChI=1S/C17H22BrNO/c1-11-3-6-15(16(18)7-11)17(20)19(2)10-14-9-12-4-5-13(14)8-12/h3,6-7,12-14H,4-5,8-10H2,1-2H3. The predicted molar refractivity (Wildman–Crippen MR) is 84.8 cm³/mol. The Morgan fingerprint density at radius 1 is 1.35 bits per heavy atom. The number of nitrogens with zero attached hydrogens (tertiary/aromatic N) is 1. The second-order valence-electron chi connectivity index (χ2n) is 6.60. The van der Waals surface area contributed by atoms with Gasteiger partial charge in [0.15, 0.2) is 0 Å². The van der Waals surface area contributed by atoms with Gasteiger partial charge in [0.2, 0.25) is 0 Å². The van der Waals surface area contributed by atoms with Crippen LogP contribution in [0.2, 0.25) is 0 Å². The van der Waals surface area contributed by atoms with E-state index in [4.69, 9.17) is 0 Å². The quantitative estimate of drug-likeness (QED) is 0.807. The first kappa shape index (κ1) is 14.1. The predicted octanol–water partition coefficient (Wildman–Crippen LogP) is 4.27. The van der Waals surface area contributed by atoms with E-state index in [0.717, 1.165) is 34.3 Å². The molecule has 3 heteroatoms. The van der Waals surface area contributed by atoms with E-state index in [9.17, 15) is 4.79 Å². The first-order valence-corrected chi connectivity index (χ1v) is 8.35. The van der Waals surface area contributed by atoms with Gasteiger partial charge in [-0.3, -0.25) is 4.79 Å². The van der Waals surface area contributed by atoms with Crippen LogP contribution in [-0.4, -0.2) is 24.4 Å². The second kappa shape index (κ2) is 5.51. The number of hydrogen-bond donors (Lipinski definition) is 0. The van der Waals surface area contributed by atoms with Crippen molar-refractivity contribution in [2.75, 3.05) is 13.6 Å². The van der Waals surface area contributed by atoms with E-state index < -0.39 is 0 Å². The number of carbonyl (C=O) groups excluding carboxylic acids is 1. The highest BCUT2D eigenvalue weighted by Gasteiger charge is 2.40. The van der Waals surface area contributed by atoms with E-state index in [1.165, 1.54) is 31.2 Å². The van der Waals surface area contributed by atoms with Crippen LogP contribution in [0, 0.1) is 24.7 Å². The summed E-state index contributed by atoms with van der Waals surface area (Å²) >= 11 is 3.51. The number of fused-ring (bicyclic) bond motifs is 2. The molecule has 0 N–H and O–H groups in total. The molecule has 0 saturated heterocycles. The molecule has 20 heavy (non-hydrogen) atoms. The fourth-order valence-corrected chi connectivity index (χ4v) is 4.70. The Morgan fingerprint density at radius 3 is 2.75 bits per heavy atom. The lowest BCUT2D eigenvalue weighted by Crippen LogP contribution is -2.34. The number of hydrogen-bond acceptors (Lipinski definition) is 1. The summed E-state index contributed by atoms with van der Waals surface area (Å²) in [6.07, 6.45) is 5.53. The van der Waals surface area contributed by atoms with Gasteiger partial charge in [0.1, 0.15) is 0 Å². The number of aryl methyl sites for hydroxylation is 1.